The van der Waals surface area contributed by atoms with Gasteiger partial charge in [-0.1, -0.05) is 54.1 Å². The number of rotatable bonds is 5. The molecule has 1 heterocycles. The van der Waals surface area contributed by atoms with Crippen LogP contribution in [-0.2, 0) is 17.6 Å². The molecule has 3 nitrogen and oxygen atoms in total. The summed E-state index contributed by atoms with van der Waals surface area (Å²) in [6, 6.07) is 18.0. The van der Waals surface area contributed by atoms with Crippen LogP contribution in [0.1, 0.15) is 11.1 Å². The molecule has 0 aliphatic carbocycles. The molecule has 4 heteroatoms. The number of carbonyl (C=O) groups excluding carboxylic acids is 1. The van der Waals surface area contributed by atoms with Gasteiger partial charge >= 0.3 is 0 Å². The highest BCUT2D eigenvalue weighted by Crippen LogP contribution is 2.12. The second-order valence-corrected chi connectivity index (χ2v) is 6.70. The highest BCUT2D eigenvalue weighted by molar-refractivity contribution is 6.30. The largest absolute Gasteiger partial charge is 0.340 e. The highest BCUT2D eigenvalue weighted by Gasteiger charge is 2.20. The lowest BCUT2D eigenvalue weighted by Gasteiger charge is -2.34. The van der Waals surface area contributed by atoms with E-state index in [0.717, 1.165) is 49.7 Å². The van der Waals surface area contributed by atoms with E-state index in [0.29, 0.717) is 6.42 Å². The number of carbonyl (C=O) groups is 1. The second-order valence-electron chi connectivity index (χ2n) is 6.26. The molecule has 24 heavy (non-hydrogen) atoms. The Labute approximate surface area is 148 Å². The van der Waals surface area contributed by atoms with E-state index >= 15 is 0 Å². The van der Waals surface area contributed by atoms with Gasteiger partial charge in [-0.3, -0.25) is 9.69 Å². The first-order valence-corrected chi connectivity index (χ1v) is 8.87. The standard InChI is InChI=1S/C20H23ClN2O/c21-19-8-4-7-18(15-19)9-10-22-11-13-23(14-12-22)20(24)16-17-5-2-1-3-6-17/h1-8,15H,9-14,16H2. The SMILES string of the molecule is O=C(Cc1ccccc1)N1CCN(CCc2cccc(Cl)c2)CC1. The van der Waals surface area contributed by atoms with E-state index in [-0.39, 0.29) is 5.91 Å². The van der Waals surface area contributed by atoms with Crippen LogP contribution >= 0.6 is 11.6 Å². The average molecular weight is 343 g/mol. The Morgan fingerprint density at radius 1 is 0.917 bits per heavy atom. The third-order valence-corrected chi connectivity index (χ3v) is 4.76. The highest BCUT2D eigenvalue weighted by atomic mass is 35.5. The van der Waals surface area contributed by atoms with Crippen molar-refractivity contribution in [2.45, 2.75) is 12.8 Å². The van der Waals surface area contributed by atoms with Crippen LogP contribution in [0.25, 0.3) is 0 Å². The Morgan fingerprint density at radius 3 is 2.33 bits per heavy atom. The normalized spacial score (nSPS) is 15.5. The molecule has 126 valence electrons. The van der Waals surface area contributed by atoms with Crippen LogP contribution in [0.3, 0.4) is 0 Å². The lowest BCUT2D eigenvalue weighted by Crippen LogP contribution is -2.49. The topological polar surface area (TPSA) is 23.6 Å². The second kappa shape index (κ2) is 8.32. The van der Waals surface area contributed by atoms with Crippen molar-refractivity contribution in [1.29, 1.82) is 0 Å². The molecule has 0 N–H and O–H groups in total. The molecule has 1 fully saturated rings. The molecule has 2 aromatic carbocycles. The molecule has 1 saturated heterocycles. The molecule has 2 aromatic rings. The van der Waals surface area contributed by atoms with Crippen molar-refractivity contribution in [2.75, 3.05) is 32.7 Å². The summed E-state index contributed by atoms with van der Waals surface area (Å²) >= 11 is 6.03. The molecule has 3 rings (SSSR count). The lowest BCUT2D eigenvalue weighted by molar-refractivity contribution is -0.132. The Morgan fingerprint density at radius 2 is 1.62 bits per heavy atom. The minimum absolute atomic E-state index is 0.232. The van der Waals surface area contributed by atoms with Gasteiger partial charge in [0.15, 0.2) is 0 Å². The maximum absolute atomic E-state index is 12.4. The average Bonchev–Trinajstić information content (AvgIpc) is 2.61. The molecule has 0 radical (unpaired) electrons. The third kappa shape index (κ3) is 4.83. The molecule has 0 unspecified atom stereocenters. The van der Waals surface area contributed by atoms with Gasteiger partial charge in [0.05, 0.1) is 6.42 Å². The number of piperazine rings is 1. The zero-order valence-corrected chi connectivity index (χ0v) is 14.6. The molecule has 0 spiro atoms. The molecular formula is C20H23ClN2O. The quantitative estimate of drug-likeness (QED) is 0.832. The van der Waals surface area contributed by atoms with E-state index in [4.69, 9.17) is 11.6 Å². The summed E-state index contributed by atoms with van der Waals surface area (Å²) < 4.78 is 0. The maximum Gasteiger partial charge on any atom is 0.227 e. The van der Waals surface area contributed by atoms with E-state index in [9.17, 15) is 4.79 Å². The van der Waals surface area contributed by atoms with Gasteiger partial charge in [-0.25, -0.2) is 0 Å². The van der Waals surface area contributed by atoms with Gasteiger partial charge in [-0.15, -0.1) is 0 Å². The predicted octanol–water partition coefficient (Wildman–Crippen LogP) is 3.27. The Kier molecular flexibility index (Phi) is 5.89. The zero-order chi connectivity index (χ0) is 16.8. The first-order chi connectivity index (χ1) is 11.7. The van der Waals surface area contributed by atoms with Crippen LogP contribution in [0.15, 0.2) is 54.6 Å². The first-order valence-electron chi connectivity index (χ1n) is 8.49. The van der Waals surface area contributed by atoms with Crippen LogP contribution in [0.5, 0.6) is 0 Å². The van der Waals surface area contributed by atoms with E-state index in [2.05, 4.69) is 11.0 Å². The van der Waals surface area contributed by atoms with Crippen molar-refractivity contribution >= 4 is 17.5 Å². The number of amides is 1. The maximum atomic E-state index is 12.4. The molecule has 0 saturated carbocycles. The van der Waals surface area contributed by atoms with Crippen molar-refractivity contribution < 1.29 is 4.79 Å². The summed E-state index contributed by atoms with van der Waals surface area (Å²) in [7, 11) is 0. The molecular weight excluding hydrogens is 320 g/mol. The van der Waals surface area contributed by atoms with Crippen LogP contribution in [0.2, 0.25) is 5.02 Å². The fourth-order valence-corrected chi connectivity index (χ4v) is 3.30. The fraction of sp³-hybridized carbons (Fsp3) is 0.350. The molecule has 0 atom stereocenters. The number of hydrogen-bond donors (Lipinski definition) is 0. The smallest absolute Gasteiger partial charge is 0.227 e. The van der Waals surface area contributed by atoms with Crippen molar-refractivity contribution in [3.8, 4) is 0 Å². The fourth-order valence-electron chi connectivity index (χ4n) is 3.08. The third-order valence-electron chi connectivity index (χ3n) is 4.53. The van der Waals surface area contributed by atoms with Gasteiger partial charge in [0, 0.05) is 37.7 Å². The van der Waals surface area contributed by atoms with E-state index in [1.807, 2.05) is 53.4 Å². The Balaban J connectivity index is 1.43. The number of halogens is 1. The van der Waals surface area contributed by atoms with Crippen molar-refractivity contribution in [1.82, 2.24) is 9.80 Å². The summed E-state index contributed by atoms with van der Waals surface area (Å²) in [5.41, 5.74) is 2.36. The predicted molar refractivity (Wildman–Crippen MR) is 98.3 cm³/mol. The zero-order valence-electron chi connectivity index (χ0n) is 13.8. The van der Waals surface area contributed by atoms with Gasteiger partial charge in [0.2, 0.25) is 5.91 Å². The molecule has 1 aliphatic heterocycles. The van der Waals surface area contributed by atoms with Crippen LogP contribution < -0.4 is 0 Å². The Bertz CT molecular complexity index is 666. The molecule has 1 aliphatic rings. The molecule has 0 aromatic heterocycles. The molecule has 1 amide bonds. The minimum atomic E-state index is 0.232. The van der Waals surface area contributed by atoms with Gasteiger partial charge in [0.1, 0.15) is 0 Å². The summed E-state index contributed by atoms with van der Waals surface area (Å²) in [6.45, 7) is 4.55. The van der Waals surface area contributed by atoms with Crippen LogP contribution in [0.4, 0.5) is 0 Å². The summed E-state index contributed by atoms with van der Waals surface area (Å²) in [4.78, 5) is 16.8. The Hall–Kier alpha value is -1.84. The van der Waals surface area contributed by atoms with E-state index in [1.54, 1.807) is 0 Å². The summed E-state index contributed by atoms with van der Waals surface area (Å²) in [6.07, 6.45) is 1.50. The van der Waals surface area contributed by atoms with Gasteiger partial charge in [-0.2, -0.15) is 0 Å². The van der Waals surface area contributed by atoms with Crippen molar-refractivity contribution in [2.24, 2.45) is 0 Å². The minimum Gasteiger partial charge on any atom is -0.340 e. The monoisotopic (exact) mass is 342 g/mol. The van der Waals surface area contributed by atoms with Crippen LogP contribution in [0, 0.1) is 0 Å². The van der Waals surface area contributed by atoms with Crippen LogP contribution in [-0.4, -0.2) is 48.4 Å². The van der Waals surface area contributed by atoms with Crippen molar-refractivity contribution in [3.05, 3.63) is 70.7 Å². The summed E-state index contributed by atoms with van der Waals surface area (Å²) in [5.74, 6) is 0.232. The van der Waals surface area contributed by atoms with Gasteiger partial charge in [0.25, 0.3) is 0 Å². The number of hydrogen-bond acceptors (Lipinski definition) is 2. The number of benzene rings is 2. The van der Waals surface area contributed by atoms with E-state index in [1.165, 1.54) is 5.56 Å². The van der Waals surface area contributed by atoms with E-state index < -0.39 is 0 Å². The lowest BCUT2D eigenvalue weighted by atomic mass is 10.1. The summed E-state index contributed by atoms with van der Waals surface area (Å²) in [5, 5.41) is 0.795. The molecule has 0 bridgehead atoms. The first kappa shape index (κ1) is 17.0. The van der Waals surface area contributed by atoms with Crippen molar-refractivity contribution in [3.63, 3.8) is 0 Å². The number of nitrogens with zero attached hydrogens (tertiary/aromatic N) is 2. The van der Waals surface area contributed by atoms with Gasteiger partial charge < -0.3 is 4.90 Å². The van der Waals surface area contributed by atoms with Gasteiger partial charge in [-0.05, 0) is 29.7 Å².